The Kier molecular flexibility index (Phi) is 4.39. The van der Waals surface area contributed by atoms with E-state index < -0.39 is 6.36 Å². The van der Waals surface area contributed by atoms with Crippen molar-refractivity contribution in [3.8, 4) is 16.9 Å². The smallest absolute Gasteiger partial charge is 0.405 e. The van der Waals surface area contributed by atoms with E-state index >= 15 is 0 Å². The summed E-state index contributed by atoms with van der Waals surface area (Å²) in [4.78, 5) is 14.9. The normalized spacial score (nSPS) is 16.0. The van der Waals surface area contributed by atoms with Crippen molar-refractivity contribution in [2.24, 2.45) is 0 Å². The van der Waals surface area contributed by atoms with Crippen molar-refractivity contribution in [1.29, 1.82) is 0 Å². The Hall–Kier alpha value is -2.81. The number of aromatic nitrogens is 3. The van der Waals surface area contributed by atoms with Crippen molar-refractivity contribution in [3.63, 3.8) is 0 Å². The van der Waals surface area contributed by atoms with Gasteiger partial charge in [-0.25, -0.2) is 4.52 Å². The number of aromatic amines is 1. The molecular formula is C18H17F3N4O2. The Morgan fingerprint density at radius 3 is 2.63 bits per heavy atom. The van der Waals surface area contributed by atoms with Gasteiger partial charge < -0.3 is 15.0 Å². The fourth-order valence-corrected chi connectivity index (χ4v) is 3.52. The average molecular weight is 378 g/mol. The zero-order valence-corrected chi connectivity index (χ0v) is 14.2. The molecule has 6 nitrogen and oxygen atoms in total. The molecule has 0 aliphatic carbocycles. The van der Waals surface area contributed by atoms with Gasteiger partial charge in [0.25, 0.3) is 5.56 Å². The van der Waals surface area contributed by atoms with E-state index in [0.717, 1.165) is 31.6 Å². The maximum Gasteiger partial charge on any atom is 0.573 e. The molecule has 142 valence electrons. The molecule has 1 aliphatic rings. The Bertz CT molecular complexity index is 1020. The number of piperidine rings is 1. The molecule has 2 aromatic heterocycles. The van der Waals surface area contributed by atoms with Gasteiger partial charge in [-0.3, -0.25) is 4.79 Å². The van der Waals surface area contributed by atoms with Crippen LogP contribution in [0.25, 0.3) is 16.8 Å². The van der Waals surface area contributed by atoms with Crippen molar-refractivity contribution < 1.29 is 17.9 Å². The van der Waals surface area contributed by atoms with E-state index in [-0.39, 0.29) is 22.8 Å². The predicted octanol–water partition coefficient (Wildman–Crippen LogP) is 3.06. The van der Waals surface area contributed by atoms with E-state index in [1.54, 1.807) is 10.6 Å². The quantitative estimate of drug-likeness (QED) is 0.735. The Balaban J connectivity index is 1.85. The summed E-state index contributed by atoms with van der Waals surface area (Å²) < 4.78 is 44.0. The summed E-state index contributed by atoms with van der Waals surface area (Å²) in [6.07, 6.45) is -1.63. The molecule has 0 saturated carbocycles. The van der Waals surface area contributed by atoms with Crippen LogP contribution in [0.5, 0.6) is 5.75 Å². The molecule has 1 aromatic carbocycles. The minimum atomic E-state index is -4.81. The molecule has 9 heteroatoms. The number of halogens is 3. The third kappa shape index (κ3) is 3.55. The number of hydrogen-bond acceptors (Lipinski definition) is 4. The molecular weight excluding hydrogens is 361 g/mol. The van der Waals surface area contributed by atoms with Gasteiger partial charge in [-0.2, -0.15) is 5.10 Å². The zero-order chi connectivity index (χ0) is 19.0. The maximum absolute atomic E-state index is 12.7. The third-order valence-electron chi connectivity index (χ3n) is 4.69. The van der Waals surface area contributed by atoms with Crippen LogP contribution in [0.4, 0.5) is 13.2 Å². The number of alkyl halides is 3. The van der Waals surface area contributed by atoms with Crippen LogP contribution in [0, 0.1) is 0 Å². The van der Waals surface area contributed by atoms with Gasteiger partial charge >= 0.3 is 6.36 Å². The second-order valence-corrected chi connectivity index (χ2v) is 6.45. The molecule has 0 radical (unpaired) electrons. The molecule has 1 aliphatic heterocycles. The summed E-state index contributed by atoms with van der Waals surface area (Å²) in [6, 6.07) is 7.32. The van der Waals surface area contributed by atoms with Gasteiger partial charge in [0.1, 0.15) is 11.4 Å². The van der Waals surface area contributed by atoms with Gasteiger partial charge in [0, 0.05) is 23.1 Å². The standard InChI is InChI=1S/C18H17F3N4O2/c19-18(20,21)27-15-4-2-1-3-12(15)13-10-23-25-14(9-16(26)24-17(13)25)11-5-7-22-8-6-11/h1-4,9-11,22H,5-8H2,(H,24,26). The number of ether oxygens (including phenoxy) is 1. The Morgan fingerprint density at radius 2 is 1.89 bits per heavy atom. The van der Waals surface area contributed by atoms with Crippen LogP contribution < -0.4 is 15.6 Å². The van der Waals surface area contributed by atoms with Crippen molar-refractivity contribution in [1.82, 2.24) is 19.9 Å². The van der Waals surface area contributed by atoms with Gasteiger partial charge in [-0.1, -0.05) is 18.2 Å². The fourth-order valence-electron chi connectivity index (χ4n) is 3.52. The minimum absolute atomic E-state index is 0.158. The lowest BCUT2D eigenvalue weighted by molar-refractivity contribution is -0.274. The van der Waals surface area contributed by atoms with Crippen LogP contribution in [0.3, 0.4) is 0 Å². The second-order valence-electron chi connectivity index (χ2n) is 6.45. The number of hydrogen-bond donors (Lipinski definition) is 2. The van der Waals surface area contributed by atoms with Gasteiger partial charge in [-0.05, 0) is 32.0 Å². The molecule has 0 atom stereocenters. The summed E-state index contributed by atoms with van der Waals surface area (Å²) in [7, 11) is 0. The average Bonchev–Trinajstić information content (AvgIpc) is 3.04. The molecule has 1 saturated heterocycles. The summed E-state index contributed by atoms with van der Waals surface area (Å²) >= 11 is 0. The molecule has 4 rings (SSSR count). The first-order valence-electron chi connectivity index (χ1n) is 8.59. The molecule has 3 aromatic rings. The first-order chi connectivity index (χ1) is 12.9. The fraction of sp³-hybridized carbons (Fsp3) is 0.333. The van der Waals surface area contributed by atoms with Crippen molar-refractivity contribution in [2.75, 3.05) is 13.1 Å². The number of nitrogens with zero attached hydrogens (tertiary/aromatic N) is 2. The molecule has 0 amide bonds. The number of H-pyrrole nitrogens is 1. The maximum atomic E-state index is 12.7. The summed E-state index contributed by atoms with van der Waals surface area (Å²) in [6.45, 7) is 1.69. The van der Waals surface area contributed by atoms with Crippen LogP contribution in [0.15, 0.2) is 41.3 Å². The summed E-state index contributed by atoms with van der Waals surface area (Å²) in [5, 5.41) is 7.61. The predicted molar refractivity (Wildman–Crippen MR) is 92.8 cm³/mol. The molecule has 0 unspecified atom stereocenters. The number of fused-ring (bicyclic) bond motifs is 1. The SMILES string of the molecule is O=c1cc(C2CCNCC2)n2ncc(-c3ccccc3OC(F)(F)F)c2[nH]1. The molecule has 3 heterocycles. The lowest BCUT2D eigenvalue weighted by Crippen LogP contribution is -2.28. The molecule has 2 N–H and O–H groups in total. The van der Waals surface area contributed by atoms with Gasteiger partial charge in [0.2, 0.25) is 0 Å². The summed E-state index contributed by atoms with van der Waals surface area (Å²) in [5.41, 5.74) is 1.39. The lowest BCUT2D eigenvalue weighted by Gasteiger charge is -2.23. The Labute approximate surface area is 152 Å². The van der Waals surface area contributed by atoms with Crippen molar-refractivity contribution in [3.05, 3.63) is 52.6 Å². The largest absolute Gasteiger partial charge is 0.573 e. The number of nitrogens with one attached hydrogen (secondary N) is 2. The monoisotopic (exact) mass is 378 g/mol. The minimum Gasteiger partial charge on any atom is -0.405 e. The van der Waals surface area contributed by atoms with E-state index in [4.69, 9.17) is 0 Å². The van der Waals surface area contributed by atoms with E-state index in [9.17, 15) is 18.0 Å². The van der Waals surface area contributed by atoms with Crippen LogP contribution in [0.2, 0.25) is 0 Å². The highest BCUT2D eigenvalue weighted by Crippen LogP contribution is 2.36. The van der Waals surface area contributed by atoms with Crippen LogP contribution in [-0.4, -0.2) is 34.0 Å². The van der Waals surface area contributed by atoms with Crippen molar-refractivity contribution >= 4 is 5.65 Å². The zero-order valence-electron chi connectivity index (χ0n) is 14.2. The number of benzene rings is 1. The molecule has 0 bridgehead atoms. The first kappa shape index (κ1) is 17.6. The number of para-hydroxylation sites is 1. The molecule has 1 fully saturated rings. The lowest BCUT2D eigenvalue weighted by atomic mass is 9.94. The third-order valence-corrected chi connectivity index (χ3v) is 4.69. The summed E-state index contributed by atoms with van der Waals surface area (Å²) in [5.74, 6) is -0.182. The molecule has 0 spiro atoms. The van der Waals surface area contributed by atoms with Crippen molar-refractivity contribution in [2.45, 2.75) is 25.1 Å². The highest BCUT2D eigenvalue weighted by Gasteiger charge is 2.32. The van der Waals surface area contributed by atoms with Crippen LogP contribution >= 0.6 is 0 Å². The van der Waals surface area contributed by atoms with E-state index in [1.165, 1.54) is 30.5 Å². The van der Waals surface area contributed by atoms with Crippen LogP contribution in [0.1, 0.15) is 24.5 Å². The van der Waals surface area contributed by atoms with Gasteiger partial charge in [-0.15, -0.1) is 13.2 Å². The van der Waals surface area contributed by atoms with E-state index in [1.807, 2.05) is 0 Å². The highest BCUT2D eigenvalue weighted by molar-refractivity contribution is 5.81. The number of rotatable bonds is 3. The van der Waals surface area contributed by atoms with Crippen LogP contribution in [-0.2, 0) is 0 Å². The Morgan fingerprint density at radius 1 is 1.15 bits per heavy atom. The second kappa shape index (κ2) is 6.73. The van der Waals surface area contributed by atoms with Gasteiger partial charge in [0.05, 0.1) is 11.9 Å². The molecule has 27 heavy (non-hydrogen) atoms. The highest BCUT2D eigenvalue weighted by atomic mass is 19.4. The first-order valence-corrected chi connectivity index (χ1v) is 8.59. The van der Waals surface area contributed by atoms with E-state index in [0.29, 0.717) is 11.2 Å². The topological polar surface area (TPSA) is 71.4 Å². The van der Waals surface area contributed by atoms with Gasteiger partial charge in [0.15, 0.2) is 0 Å². The van der Waals surface area contributed by atoms with E-state index in [2.05, 4.69) is 20.1 Å².